The number of hydrogen-bond donors (Lipinski definition) is 2. The molecule has 7 nitrogen and oxygen atoms in total. The molecule has 0 aliphatic carbocycles. The lowest BCUT2D eigenvalue weighted by molar-refractivity contribution is 0.0950. The van der Waals surface area contributed by atoms with Crippen LogP contribution in [0.2, 0.25) is 0 Å². The predicted molar refractivity (Wildman–Crippen MR) is 96.5 cm³/mol. The van der Waals surface area contributed by atoms with Crippen LogP contribution in [0.25, 0.3) is 10.6 Å². The van der Waals surface area contributed by atoms with E-state index >= 15 is 0 Å². The molecule has 0 radical (unpaired) electrons. The van der Waals surface area contributed by atoms with Crippen molar-refractivity contribution in [3.63, 3.8) is 0 Å². The van der Waals surface area contributed by atoms with Crippen LogP contribution in [0.5, 0.6) is 11.5 Å². The molecule has 0 unspecified atom stereocenters. The molecule has 0 bridgehead atoms. The summed E-state index contributed by atoms with van der Waals surface area (Å²) >= 11 is 1.57. The van der Waals surface area contributed by atoms with Gasteiger partial charge in [0.05, 0.1) is 31.0 Å². The van der Waals surface area contributed by atoms with Crippen LogP contribution in [0.4, 0.5) is 0 Å². The molecule has 3 rings (SSSR count). The van der Waals surface area contributed by atoms with Crippen molar-refractivity contribution in [3.05, 3.63) is 53.0 Å². The number of carbonyl (C=O) groups is 1. The molecule has 0 saturated carbocycles. The van der Waals surface area contributed by atoms with Gasteiger partial charge in [-0.1, -0.05) is 6.07 Å². The zero-order valence-electron chi connectivity index (χ0n) is 13.6. The van der Waals surface area contributed by atoms with Gasteiger partial charge in [-0.15, -0.1) is 11.3 Å². The number of hydrazone groups is 1. The van der Waals surface area contributed by atoms with E-state index in [0.717, 1.165) is 10.6 Å². The van der Waals surface area contributed by atoms with Crippen molar-refractivity contribution in [1.29, 1.82) is 0 Å². The second-order valence-corrected chi connectivity index (χ2v) is 5.90. The number of H-pyrrole nitrogens is 1. The van der Waals surface area contributed by atoms with Gasteiger partial charge < -0.3 is 9.47 Å². The number of hydrogen-bond acceptors (Lipinski definition) is 6. The lowest BCUT2D eigenvalue weighted by Gasteiger charge is -2.06. The van der Waals surface area contributed by atoms with Gasteiger partial charge in [-0.05, 0) is 29.6 Å². The Kier molecular flexibility index (Phi) is 5.10. The molecule has 8 heteroatoms. The van der Waals surface area contributed by atoms with Crippen molar-refractivity contribution < 1.29 is 14.3 Å². The highest BCUT2D eigenvalue weighted by molar-refractivity contribution is 7.13. The van der Waals surface area contributed by atoms with Gasteiger partial charge in [-0.2, -0.15) is 10.2 Å². The van der Waals surface area contributed by atoms with Gasteiger partial charge in [0.1, 0.15) is 11.5 Å². The summed E-state index contributed by atoms with van der Waals surface area (Å²) < 4.78 is 10.4. The van der Waals surface area contributed by atoms with E-state index in [0.29, 0.717) is 17.1 Å². The van der Waals surface area contributed by atoms with E-state index < -0.39 is 5.91 Å². The number of benzene rings is 1. The molecular formula is C17H16N4O3S. The summed E-state index contributed by atoms with van der Waals surface area (Å²) in [5, 5.41) is 12.8. The van der Waals surface area contributed by atoms with E-state index in [2.05, 4.69) is 20.7 Å². The lowest BCUT2D eigenvalue weighted by Crippen LogP contribution is -2.18. The molecule has 2 aromatic heterocycles. The number of amides is 1. The first-order valence-electron chi connectivity index (χ1n) is 7.36. The minimum absolute atomic E-state index is 0.266. The average molecular weight is 356 g/mol. The quantitative estimate of drug-likeness (QED) is 0.525. The maximum Gasteiger partial charge on any atom is 0.291 e. The van der Waals surface area contributed by atoms with Gasteiger partial charge in [0.25, 0.3) is 5.91 Å². The van der Waals surface area contributed by atoms with Crippen LogP contribution in [-0.2, 0) is 0 Å². The van der Waals surface area contributed by atoms with Crippen molar-refractivity contribution in [3.8, 4) is 22.1 Å². The van der Waals surface area contributed by atoms with Gasteiger partial charge >= 0.3 is 0 Å². The first-order chi connectivity index (χ1) is 12.2. The van der Waals surface area contributed by atoms with E-state index in [1.165, 1.54) is 6.21 Å². The topological polar surface area (TPSA) is 88.6 Å². The van der Waals surface area contributed by atoms with Crippen LogP contribution in [0.1, 0.15) is 16.1 Å². The third kappa shape index (κ3) is 3.86. The van der Waals surface area contributed by atoms with E-state index in [-0.39, 0.29) is 5.69 Å². The Hall–Kier alpha value is -3.13. The molecule has 0 saturated heterocycles. The number of thiophene rings is 1. The van der Waals surface area contributed by atoms with Crippen molar-refractivity contribution >= 4 is 23.5 Å². The maximum absolute atomic E-state index is 12.1. The highest BCUT2D eigenvalue weighted by Crippen LogP contribution is 2.24. The van der Waals surface area contributed by atoms with Crippen molar-refractivity contribution in [1.82, 2.24) is 15.6 Å². The van der Waals surface area contributed by atoms with Gasteiger partial charge in [0.2, 0.25) is 0 Å². The highest BCUT2D eigenvalue weighted by Gasteiger charge is 2.11. The monoisotopic (exact) mass is 356 g/mol. The Morgan fingerprint density at radius 2 is 2.16 bits per heavy atom. The summed E-state index contributed by atoms with van der Waals surface area (Å²) in [5.41, 5.74) is 4.22. The van der Waals surface area contributed by atoms with Gasteiger partial charge in [-0.25, -0.2) is 5.43 Å². The zero-order valence-corrected chi connectivity index (χ0v) is 14.5. The molecule has 128 valence electrons. The lowest BCUT2D eigenvalue weighted by atomic mass is 10.2. The molecular weight excluding hydrogens is 340 g/mol. The first-order valence-corrected chi connectivity index (χ1v) is 8.24. The zero-order chi connectivity index (χ0) is 17.6. The molecule has 0 aliphatic heterocycles. The molecule has 25 heavy (non-hydrogen) atoms. The molecule has 1 aromatic carbocycles. The second-order valence-electron chi connectivity index (χ2n) is 4.95. The highest BCUT2D eigenvalue weighted by atomic mass is 32.1. The molecule has 2 N–H and O–H groups in total. The van der Waals surface area contributed by atoms with E-state index in [1.807, 2.05) is 17.5 Å². The van der Waals surface area contributed by atoms with E-state index in [9.17, 15) is 4.79 Å². The number of aromatic nitrogens is 2. The molecule has 3 aromatic rings. The fourth-order valence-electron chi connectivity index (χ4n) is 2.14. The van der Waals surface area contributed by atoms with Crippen molar-refractivity contribution in [2.45, 2.75) is 0 Å². The number of rotatable bonds is 6. The third-order valence-corrected chi connectivity index (χ3v) is 4.31. The van der Waals surface area contributed by atoms with Crippen LogP contribution in [-0.4, -0.2) is 36.5 Å². The Bertz CT molecular complexity index is 887. The fraction of sp³-hybridized carbons (Fsp3) is 0.118. The standard InChI is InChI=1S/C17H16N4O3S/c1-23-12-6-5-11(15(8-12)24-2)10-18-21-17(22)14-9-13(19-20-14)16-4-3-7-25-16/h3-10H,1-2H3,(H,19,20)(H,21,22). The number of ether oxygens (including phenoxy) is 2. The number of aromatic amines is 1. The van der Waals surface area contributed by atoms with Gasteiger partial charge in [0, 0.05) is 11.6 Å². The van der Waals surface area contributed by atoms with Crippen molar-refractivity contribution in [2.75, 3.05) is 14.2 Å². The SMILES string of the molecule is COc1ccc(C=NNC(=O)c2cc(-c3cccs3)[nH]n2)c(OC)c1. The summed E-state index contributed by atoms with van der Waals surface area (Å²) in [4.78, 5) is 13.1. The van der Waals surface area contributed by atoms with Crippen molar-refractivity contribution in [2.24, 2.45) is 5.10 Å². The summed E-state index contributed by atoms with van der Waals surface area (Å²) in [6.45, 7) is 0. The average Bonchev–Trinajstić information content (AvgIpc) is 3.33. The van der Waals surface area contributed by atoms with Crippen LogP contribution < -0.4 is 14.9 Å². The van der Waals surface area contributed by atoms with Crippen LogP contribution in [0.15, 0.2) is 46.9 Å². The first kappa shape index (κ1) is 16.7. The predicted octanol–water partition coefficient (Wildman–Crippen LogP) is 2.92. The maximum atomic E-state index is 12.1. The number of methoxy groups -OCH3 is 2. The normalized spacial score (nSPS) is 10.8. The number of nitrogens with one attached hydrogen (secondary N) is 2. The number of carbonyl (C=O) groups excluding carboxylic acids is 1. The van der Waals surface area contributed by atoms with Gasteiger partial charge in [-0.3, -0.25) is 9.89 Å². The fourth-order valence-corrected chi connectivity index (χ4v) is 2.83. The molecule has 0 fully saturated rings. The molecule has 1 amide bonds. The van der Waals surface area contributed by atoms with Crippen LogP contribution in [0.3, 0.4) is 0 Å². The largest absolute Gasteiger partial charge is 0.497 e. The smallest absolute Gasteiger partial charge is 0.291 e. The minimum Gasteiger partial charge on any atom is -0.497 e. The Morgan fingerprint density at radius 1 is 1.28 bits per heavy atom. The molecule has 2 heterocycles. The Morgan fingerprint density at radius 3 is 2.88 bits per heavy atom. The van der Waals surface area contributed by atoms with E-state index in [4.69, 9.17) is 9.47 Å². The molecule has 0 atom stereocenters. The third-order valence-electron chi connectivity index (χ3n) is 3.41. The molecule has 0 spiro atoms. The summed E-state index contributed by atoms with van der Waals surface area (Å²) in [7, 11) is 3.14. The second kappa shape index (κ2) is 7.63. The van der Waals surface area contributed by atoms with E-state index in [1.54, 1.807) is 49.8 Å². The number of nitrogens with zero attached hydrogens (tertiary/aromatic N) is 2. The van der Waals surface area contributed by atoms with Crippen LogP contribution in [0, 0.1) is 0 Å². The van der Waals surface area contributed by atoms with Crippen LogP contribution >= 0.6 is 11.3 Å². The Labute approximate surface area is 148 Å². The summed E-state index contributed by atoms with van der Waals surface area (Å²) in [6.07, 6.45) is 1.50. The molecule has 0 aliphatic rings. The Balaban J connectivity index is 1.67. The summed E-state index contributed by atoms with van der Waals surface area (Å²) in [5.74, 6) is 0.871. The summed E-state index contributed by atoms with van der Waals surface area (Å²) in [6, 6.07) is 10.9. The minimum atomic E-state index is -0.400. The van der Waals surface area contributed by atoms with Gasteiger partial charge in [0.15, 0.2) is 5.69 Å².